The number of carbonyl (C=O) groups is 4. The van der Waals surface area contributed by atoms with Gasteiger partial charge in [0.25, 0.3) is 5.91 Å². The number of imide groups is 1. The molecule has 154 valence electrons. The summed E-state index contributed by atoms with van der Waals surface area (Å²) in [4.78, 5) is 49.8. The Bertz CT molecular complexity index is 849. The second-order valence-corrected chi connectivity index (χ2v) is 7.74. The van der Waals surface area contributed by atoms with Crippen molar-refractivity contribution in [3.8, 4) is 0 Å². The zero-order valence-electron chi connectivity index (χ0n) is 16.1. The highest BCUT2D eigenvalue weighted by Crippen LogP contribution is 2.28. The highest BCUT2D eigenvalue weighted by Gasteiger charge is 2.39. The van der Waals surface area contributed by atoms with Gasteiger partial charge < -0.3 is 20.9 Å². The molecule has 29 heavy (non-hydrogen) atoms. The molecule has 0 spiro atoms. The maximum Gasteiger partial charge on any atom is 0.315 e. The molecule has 0 aromatic heterocycles. The number of carbonyl (C=O) groups excluding carboxylic acids is 4. The quantitative estimate of drug-likeness (QED) is 0.531. The summed E-state index contributed by atoms with van der Waals surface area (Å²) in [7, 11) is 0. The standard InChI is InChI=1S/C20H25N5O4/c26-17-4-3-16(18(27)24-17)25-11-13-9-12(1-2-15(13)19(25)28)10-22-20(29)23-14-5-7-21-8-6-14/h1-2,9,14,16,21H,3-8,10-11H2,(H2,22,23,29)(H,24,26,27). The van der Waals surface area contributed by atoms with Crippen molar-refractivity contribution in [3.63, 3.8) is 0 Å². The zero-order valence-corrected chi connectivity index (χ0v) is 16.1. The monoisotopic (exact) mass is 399 g/mol. The van der Waals surface area contributed by atoms with Crippen LogP contribution >= 0.6 is 0 Å². The second kappa shape index (κ2) is 8.20. The first-order chi connectivity index (χ1) is 14.0. The van der Waals surface area contributed by atoms with Gasteiger partial charge in [-0.05, 0) is 49.5 Å². The molecule has 4 N–H and O–H groups in total. The van der Waals surface area contributed by atoms with Crippen molar-refractivity contribution in [3.05, 3.63) is 34.9 Å². The minimum Gasteiger partial charge on any atom is -0.335 e. The van der Waals surface area contributed by atoms with Crippen molar-refractivity contribution in [2.24, 2.45) is 0 Å². The van der Waals surface area contributed by atoms with E-state index in [-0.39, 0.29) is 30.3 Å². The molecule has 0 bridgehead atoms. The fourth-order valence-electron chi connectivity index (χ4n) is 4.12. The Hall–Kier alpha value is -2.94. The van der Waals surface area contributed by atoms with Gasteiger partial charge in [-0.1, -0.05) is 12.1 Å². The van der Waals surface area contributed by atoms with Gasteiger partial charge in [-0.2, -0.15) is 0 Å². The summed E-state index contributed by atoms with van der Waals surface area (Å²) >= 11 is 0. The van der Waals surface area contributed by atoms with Crippen LogP contribution in [0.2, 0.25) is 0 Å². The topological polar surface area (TPSA) is 120 Å². The Morgan fingerprint density at radius 3 is 2.69 bits per heavy atom. The van der Waals surface area contributed by atoms with Gasteiger partial charge in [0.05, 0.1) is 0 Å². The number of nitrogens with one attached hydrogen (secondary N) is 4. The number of nitrogens with zero attached hydrogens (tertiary/aromatic N) is 1. The number of benzene rings is 1. The van der Waals surface area contributed by atoms with Crippen LogP contribution in [-0.2, 0) is 22.7 Å². The van der Waals surface area contributed by atoms with Gasteiger partial charge in [-0.15, -0.1) is 0 Å². The third kappa shape index (κ3) is 4.24. The average molecular weight is 399 g/mol. The van der Waals surface area contributed by atoms with E-state index >= 15 is 0 Å². The van der Waals surface area contributed by atoms with E-state index in [0.29, 0.717) is 25.1 Å². The van der Waals surface area contributed by atoms with E-state index in [1.807, 2.05) is 12.1 Å². The van der Waals surface area contributed by atoms with Crippen LogP contribution in [0.15, 0.2) is 18.2 Å². The van der Waals surface area contributed by atoms with Crippen molar-refractivity contribution in [2.45, 2.75) is 50.9 Å². The lowest BCUT2D eigenvalue weighted by atomic mass is 10.0. The van der Waals surface area contributed by atoms with Crippen molar-refractivity contribution in [2.75, 3.05) is 13.1 Å². The van der Waals surface area contributed by atoms with Crippen molar-refractivity contribution in [1.82, 2.24) is 26.2 Å². The van der Waals surface area contributed by atoms with E-state index in [1.54, 1.807) is 6.07 Å². The molecule has 0 saturated carbocycles. The molecule has 5 amide bonds. The number of hydrogen-bond donors (Lipinski definition) is 4. The van der Waals surface area contributed by atoms with E-state index in [0.717, 1.165) is 37.1 Å². The SMILES string of the molecule is O=C1CCC(N2Cc3cc(CNC(=O)NC4CCNCC4)ccc3C2=O)C(=O)N1. The predicted octanol–water partition coefficient (Wildman–Crippen LogP) is -0.00120. The summed E-state index contributed by atoms with van der Waals surface area (Å²) in [5.74, 6) is -0.914. The van der Waals surface area contributed by atoms with Crippen LogP contribution in [0, 0.1) is 0 Å². The van der Waals surface area contributed by atoms with Crippen LogP contribution in [0.3, 0.4) is 0 Å². The normalized spacial score (nSPS) is 22.3. The smallest absolute Gasteiger partial charge is 0.315 e. The first-order valence-electron chi connectivity index (χ1n) is 10.0. The highest BCUT2D eigenvalue weighted by atomic mass is 16.2. The largest absolute Gasteiger partial charge is 0.335 e. The first kappa shape index (κ1) is 19.4. The molecule has 4 rings (SSSR count). The fraction of sp³-hybridized carbons (Fsp3) is 0.500. The number of amides is 5. The highest BCUT2D eigenvalue weighted by molar-refractivity contribution is 6.05. The Balaban J connectivity index is 1.35. The van der Waals surface area contributed by atoms with Crippen LogP contribution < -0.4 is 21.3 Å². The summed E-state index contributed by atoms with van der Waals surface area (Å²) in [6.07, 6.45) is 2.42. The summed E-state index contributed by atoms with van der Waals surface area (Å²) in [5.41, 5.74) is 2.29. The van der Waals surface area contributed by atoms with Crippen LogP contribution in [0.1, 0.15) is 47.2 Å². The molecule has 1 aromatic carbocycles. The molecule has 3 aliphatic heterocycles. The molecular formula is C20H25N5O4. The molecule has 1 atom stereocenters. The molecular weight excluding hydrogens is 374 g/mol. The lowest BCUT2D eigenvalue weighted by Crippen LogP contribution is -2.52. The molecule has 1 unspecified atom stereocenters. The van der Waals surface area contributed by atoms with Gasteiger partial charge in [0.15, 0.2) is 0 Å². The number of fused-ring (bicyclic) bond motifs is 1. The lowest BCUT2D eigenvalue weighted by molar-refractivity contribution is -0.136. The Morgan fingerprint density at radius 2 is 1.93 bits per heavy atom. The number of urea groups is 1. The maximum atomic E-state index is 12.7. The van der Waals surface area contributed by atoms with E-state index in [1.165, 1.54) is 4.90 Å². The van der Waals surface area contributed by atoms with Crippen molar-refractivity contribution >= 4 is 23.8 Å². The third-order valence-corrected chi connectivity index (χ3v) is 5.72. The molecule has 1 aromatic rings. The summed E-state index contributed by atoms with van der Waals surface area (Å²) < 4.78 is 0. The van der Waals surface area contributed by atoms with Crippen LogP contribution in [0.5, 0.6) is 0 Å². The Labute approximate surface area is 168 Å². The van der Waals surface area contributed by atoms with Gasteiger partial charge in [-0.25, -0.2) is 4.79 Å². The summed E-state index contributed by atoms with van der Waals surface area (Å²) in [6.45, 7) is 2.51. The zero-order chi connectivity index (χ0) is 20.4. The van der Waals surface area contributed by atoms with Crippen molar-refractivity contribution < 1.29 is 19.2 Å². The summed E-state index contributed by atoms with van der Waals surface area (Å²) in [6, 6.07) is 4.82. The third-order valence-electron chi connectivity index (χ3n) is 5.72. The molecule has 3 aliphatic rings. The minimum atomic E-state index is -0.620. The lowest BCUT2D eigenvalue weighted by Gasteiger charge is -2.29. The fourth-order valence-corrected chi connectivity index (χ4v) is 4.12. The number of piperidine rings is 2. The van der Waals surface area contributed by atoms with Gasteiger partial charge in [0, 0.05) is 31.1 Å². The van der Waals surface area contributed by atoms with Crippen LogP contribution in [-0.4, -0.2) is 53.8 Å². The number of rotatable bonds is 4. The molecule has 3 heterocycles. The number of hydrogen-bond acceptors (Lipinski definition) is 5. The molecule has 9 nitrogen and oxygen atoms in total. The average Bonchev–Trinajstić information content (AvgIpc) is 3.03. The minimum absolute atomic E-state index is 0.191. The maximum absolute atomic E-state index is 12.7. The second-order valence-electron chi connectivity index (χ2n) is 7.74. The molecule has 2 saturated heterocycles. The molecule has 9 heteroatoms. The van der Waals surface area contributed by atoms with E-state index in [9.17, 15) is 19.2 Å². The first-order valence-corrected chi connectivity index (χ1v) is 10.0. The summed E-state index contributed by atoms with van der Waals surface area (Å²) in [5, 5.41) is 11.4. The van der Waals surface area contributed by atoms with E-state index < -0.39 is 11.9 Å². The van der Waals surface area contributed by atoms with E-state index in [4.69, 9.17) is 0 Å². The van der Waals surface area contributed by atoms with Gasteiger partial charge >= 0.3 is 6.03 Å². The van der Waals surface area contributed by atoms with Gasteiger partial charge in [0.2, 0.25) is 11.8 Å². The van der Waals surface area contributed by atoms with Gasteiger partial charge in [0.1, 0.15) is 6.04 Å². The van der Waals surface area contributed by atoms with Crippen LogP contribution in [0.4, 0.5) is 4.79 Å². The Morgan fingerprint density at radius 1 is 1.14 bits per heavy atom. The van der Waals surface area contributed by atoms with Crippen LogP contribution in [0.25, 0.3) is 0 Å². The Kier molecular flexibility index (Phi) is 5.48. The van der Waals surface area contributed by atoms with Gasteiger partial charge in [-0.3, -0.25) is 19.7 Å². The van der Waals surface area contributed by atoms with Crippen molar-refractivity contribution in [1.29, 1.82) is 0 Å². The van der Waals surface area contributed by atoms with E-state index in [2.05, 4.69) is 21.3 Å². The predicted molar refractivity (Wildman–Crippen MR) is 104 cm³/mol. The molecule has 2 fully saturated rings. The molecule has 0 radical (unpaired) electrons. The molecule has 0 aliphatic carbocycles.